The van der Waals surface area contributed by atoms with E-state index in [1.807, 2.05) is 6.07 Å². The molecule has 1 saturated carbocycles. The van der Waals surface area contributed by atoms with Crippen molar-refractivity contribution in [3.05, 3.63) is 23.5 Å². The number of amides is 1. The van der Waals surface area contributed by atoms with Crippen molar-refractivity contribution in [3.63, 3.8) is 0 Å². The van der Waals surface area contributed by atoms with Crippen molar-refractivity contribution in [3.8, 4) is 11.5 Å². The first-order chi connectivity index (χ1) is 14.5. The summed E-state index contributed by atoms with van der Waals surface area (Å²) in [4.78, 5) is 27.0. The molecule has 3 aromatic rings. The van der Waals surface area contributed by atoms with Crippen molar-refractivity contribution < 1.29 is 9.53 Å². The number of pyridine rings is 1. The van der Waals surface area contributed by atoms with Crippen LogP contribution in [0.4, 0.5) is 5.69 Å². The molecule has 0 radical (unpaired) electrons. The summed E-state index contributed by atoms with van der Waals surface area (Å²) in [7, 11) is 1.77. The summed E-state index contributed by atoms with van der Waals surface area (Å²) in [6, 6.07) is 1.93. The molecule has 3 aromatic heterocycles. The molecule has 0 unspecified atom stereocenters. The first-order valence-corrected chi connectivity index (χ1v) is 10.8. The summed E-state index contributed by atoms with van der Waals surface area (Å²) in [5.41, 5.74) is 6.06. The number of hydrogen-bond acceptors (Lipinski definition) is 5. The Labute approximate surface area is 174 Å². The third kappa shape index (κ3) is 2.77. The van der Waals surface area contributed by atoms with Gasteiger partial charge < -0.3 is 14.6 Å². The Morgan fingerprint density at radius 3 is 3.10 bits per heavy atom. The molecule has 0 aromatic carbocycles. The van der Waals surface area contributed by atoms with Gasteiger partial charge in [-0.2, -0.15) is 5.10 Å². The predicted molar refractivity (Wildman–Crippen MR) is 112 cm³/mol. The average molecular weight is 406 g/mol. The van der Waals surface area contributed by atoms with Crippen molar-refractivity contribution >= 4 is 22.8 Å². The number of H-pyrrole nitrogens is 2. The Bertz CT molecular complexity index is 1140. The lowest BCUT2D eigenvalue weighted by atomic mass is 9.88. The molecule has 8 heteroatoms. The molecule has 1 aliphatic heterocycles. The minimum Gasteiger partial charge on any atom is -0.368 e. The Kier molecular flexibility index (Phi) is 3.84. The van der Waals surface area contributed by atoms with Gasteiger partial charge in [-0.1, -0.05) is 6.92 Å². The number of ether oxygens (including phenoxy) is 1. The molecule has 1 amide bonds. The highest BCUT2D eigenvalue weighted by Crippen LogP contribution is 2.59. The number of aromatic amines is 2. The number of fused-ring (bicyclic) bond motifs is 3. The van der Waals surface area contributed by atoms with E-state index in [4.69, 9.17) is 4.74 Å². The molecule has 0 spiro atoms. The van der Waals surface area contributed by atoms with Crippen LogP contribution in [-0.2, 0) is 22.4 Å². The lowest BCUT2D eigenvalue weighted by molar-refractivity contribution is -0.132. The third-order valence-electron chi connectivity index (χ3n) is 7.24. The van der Waals surface area contributed by atoms with Crippen molar-refractivity contribution in [2.75, 3.05) is 18.6 Å². The summed E-state index contributed by atoms with van der Waals surface area (Å²) in [6.07, 6.45) is 7.59. The molecule has 1 saturated heterocycles. The first kappa shape index (κ1) is 18.1. The number of carbonyl (C=O) groups is 1. The van der Waals surface area contributed by atoms with Crippen molar-refractivity contribution in [2.45, 2.75) is 51.6 Å². The average Bonchev–Trinajstić information content (AvgIpc) is 3.07. The largest absolute Gasteiger partial charge is 0.368 e. The summed E-state index contributed by atoms with van der Waals surface area (Å²) in [6.45, 7) is 3.02. The number of likely N-dealkylation sites (N-methyl/N-ethyl adjacent to an activating group) is 1. The van der Waals surface area contributed by atoms with Gasteiger partial charge in [0.1, 0.15) is 11.8 Å². The van der Waals surface area contributed by atoms with Gasteiger partial charge in [-0.15, -0.1) is 0 Å². The van der Waals surface area contributed by atoms with Gasteiger partial charge in [-0.25, -0.2) is 9.97 Å². The Morgan fingerprint density at radius 2 is 2.27 bits per heavy atom. The summed E-state index contributed by atoms with van der Waals surface area (Å²) < 4.78 is 5.65. The van der Waals surface area contributed by atoms with Gasteiger partial charge in [0.25, 0.3) is 5.91 Å². The number of carbonyl (C=O) groups excluding carboxylic acids is 1. The molecule has 6 rings (SSSR count). The molecule has 2 fully saturated rings. The van der Waals surface area contributed by atoms with E-state index in [1.54, 1.807) is 18.1 Å². The van der Waals surface area contributed by atoms with E-state index >= 15 is 0 Å². The van der Waals surface area contributed by atoms with Crippen LogP contribution in [-0.4, -0.2) is 50.8 Å². The second-order valence-corrected chi connectivity index (χ2v) is 9.37. The van der Waals surface area contributed by atoms with Crippen molar-refractivity contribution in [1.82, 2.24) is 25.1 Å². The number of hydrogen-bond donors (Lipinski definition) is 2. The fourth-order valence-corrected chi connectivity index (χ4v) is 5.12. The minimum absolute atomic E-state index is 0.0237. The predicted octanol–water partition coefficient (Wildman–Crippen LogP) is 3.00. The Balaban J connectivity index is 1.29. The number of nitrogens with one attached hydrogen (secondary N) is 2. The summed E-state index contributed by atoms with van der Waals surface area (Å²) in [5, 5.41) is 7.80. The Hall–Kier alpha value is -2.74. The maximum atomic E-state index is 12.8. The van der Waals surface area contributed by atoms with Gasteiger partial charge in [-0.3, -0.25) is 9.89 Å². The molecule has 156 valence electrons. The smallest absolute Gasteiger partial charge is 0.255 e. The summed E-state index contributed by atoms with van der Waals surface area (Å²) in [5.74, 6) is 1.47. The normalized spacial score (nSPS) is 27.5. The molecule has 4 heterocycles. The molecule has 0 bridgehead atoms. The zero-order valence-corrected chi connectivity index (χ0v) is 17.4. The van der Waals surface area contributed by atoms with E-state index in [0.717, 1.165) is 60.7 Å². The number of aromatic nitrogens is 5. The second kappa shape index (κ2) is 6.38. The topological polar surface area (TPSA) is 99.8 Å². The monoisotopic (exact) mass is 406 g/mol. The molecular formula is C22H26N6O2. The Morgan fingerprint density at radius 1 is 1.37 bits per heavy atom. The fraction of sp³-hybridized carbons (Fsp3) is 0.545. The number of nitrogens with zero attached hydrogens (tertiary/aromatic N) is 4. The second-order valence-electron chi connectivity index (χ2n) is 9.37. The first-order valence-electron chi connectivity index (χ1n) is 10.8. The van der Waals surface area contributed by atoms with E-state index in [9.17, 15) is 4.79 Å². The van der Waals surface area contributed by atoms with Gasteiger partial charge in [0, 0.05) is 24.9 Å². The quantitative estimate of drug-likeness (QED) is 0.696. The SMILES string of the molecule is CN(C(=O)[C@@H]1CCCCO1)c1cnc2nc(-c3n[nH]c4c3C[C@@H]3C[C@]3(C)C4)[nH]c2c1. The standard InChI is InChI=1S/C22H26N6O2/c1-22-9-12(22)7-14-16(10-22)26-27-18(14)20-24-15-8-13(11-23-19(15)25-20)28(2)21(29)17-5-3-4-6-30-17/h8,11-12,17H,3-7,9-10H2,1-2H3,(H,26,27)(H,23,24,25)/t12-,17+,22-/m1/s1. The van der Waals surface area contributed by atoms with E-state index in [0.29, 0.717) is 17.7 Å². The van der Waals surface area contributed by atoms with Crippen molar-refractivity contribution in [2.24, 2.45) is 11.3 Å². The zero-order chi connectivity index (χ0) is 20.5. The van der Waals surface area contributed by atoms with Gasteiger partial charge in [0.2, 0.25) is 0 Å². The zero-order valence-electron chi connectivity index (χ0n) is 17.4. The number of rotatable bonds is 3. The molecule has 8 nitrogen and oxygen atoms in total. The van der Waals surface area contributed by atoms with Crippen LogP contribution in [0.5, 0.6) is 0 Å². The molecule has 30 heavy (non-hydrogen) atoms. The third-order valence-corrected chi connectivity index (χ3v) is 7.24. The molecule has 3 aliphatic rings. The van der Waals surface area contributed by atoms with Gasteiger partial charge in [0.05, 0.1) is 17.4 Å². The lowest BCUT2D eigenvalue weighted by Crippen LogP contribution is -2.39. The van der Waals surface area contributed by atoms with Crippen LogP contribution in [0.1, 0.15) is 43.9 Å². The van der Waals surface area contributed by atoms with Crippen LogP contribution < -0.4 is 4.90 Å². The van der Waals surface area contributed by atoms with Crippen LogP contribution in [0, 0.1) is 11.3 Å². The van der Waals surface area contributed by atoms with E-state index in [2.05, 4.69) is 32.1 Å². The fourth-order valence-electron chi connectivity index (χ4n) is 5.12. The van der Waals surface area contributed by atoms with Gasteiger partial charge >= 0.3 is 0 Å². The highest BCUT2D eigenvalue weighted by Gasteiger charge is 2.53. The molecule has 3 atom stereocenters. The maximum absolute atomic E-state index is 12.8. The van der Waals surface area contributed by atoms with Crippen LogP contribution in [0.3, 0.4) is 0 Å². The maximum Gasteiger partial charge on any atom is 0.255 e. The summed E-state index contributed by atoms with van der Waals surface area (Å²) >= 11 is 0. The molecular weight excluding hydrogens is 380 g/mol. The van der Waals surface area contributed by atoms with Gasteiger partial charge in [-0.05, 0) is 55.9 Å². The van der Waals surface area contributed by atoms with Crippen LogP contribution >= 0.6 is 0 Å². The number of imidazole rings is 1. The van der Waals surface area contributed by atoms with E-state index in [1.165, 1.54) is 17.7 Å². The van der Waals surface area contributed by atoms with Crippen LogP contribution in [0.15, 0.2) is 12.3 Å². The van der Waals surface area contributed by atoms with Crippen LogP contribution in [0.25, 0.3) is 22.7 Å². The van der Waals surface area contributed by atoms with E-state index in [-0.39, 0.29) is 12.0 Å². The highest BCUT2D eigenvalue weighted by atomic mass is 16.5. The van der Waals surface area contributed by atoms with Gasteiger partial charge in [0.15, 0.2) is 11.5 Å². The molecule has 2 aliphatic carbocycles. The van der Waals surface area contributed by atoms with E-state index < -0.39 is 0 Å². The lowest BCUT2D eigenvalue weighted by Gasteiger charge is -2.26. The minimum atomic E-state index is -0.361. The number of anilines is 1. The molecule has 2 N–H and O–H groups in total. The van der Waals surface area contributed by atoms with Crippen LogP contribution in [0.2, 0.25) is 0 Å². The highest BCUT2D eigenvalue weighted by molar-refractivity contribution is 5.97. The van der Waals surface area contributed by atoms with Crippen molar-refractivity contribution in [1.29, 1.82) is 0 Å².